The standard InChI is InChI=1S/C21H22N2O3S/c1-26-16-6-9-20(23-14-16)19-13-21(10-2-3-11-21)12-18(19)15-4-7-17(8-5-15)27(22,24)25/h4-9,12-14H,2-3,10-11H2,1H3,(H2,22,24,25). The minimum atomic E-state index is -3.70. The summed E-state index contributed by atoms with van der Waals surface area (Å²) in [6.07, 6.45) is 11.1. The monoisotopic (exact) mass is 382 g/mol. The Hall–Kier alpha value is -2.44. The van der Waals surface area contributed by atoms with Gasteiger partial charge in [-0.2, -0.15) is 0 Å². The number of nitrogens with two attached hydrogens (primary N) is 1. The van der Waals surface area contributed by atoms with Gasteiger partial charge in [0.15, 0.2) is 0 Å². The molecule has 0 saturated heterocycles. The van der Waals surface area contributed by atoms with Crippen LogP contribution in [0.1, 0.15) is 36.9 Å². The van der Waals surface area contributed by atoms with Crippen LogP contribution < -0.4 is 9.88 Å². The van der Waals surface area contributed by atoms with Gasteiger partial charge in [-0.15, -0.1) is 0 Å². The first-order chi connectivity index (χ1) is 12.9. The maximum absolute atomic E-state index is 11.5. The van der Waals surface area contributed by atoms with Crippen molar-refractivity contribution in [3.63, 3.8) is 0 Å². The lowest BCUT2D eigenvalue weighted by atomic mass is 9.88. The van der Waals surface area contributed by atoms with Crippen molar-refractivity contribution in [3.8, 4) is 5.75 Å². The molecule has 1 aromatic heterocycles. The highest BCUT2D eigenvalue weighted by molar-refractivity contribution is 7.89. The summed E-state index contributed by atoms with van der Waals surface area (Å²) in [6.45, 7) is 0. The molecule has 0 unspecified atom stereocenters. The molecule has 1 saturated carbocycles. The van der Waals surface area contributed by atoms with E-state index in [9.17, 15) is 8.42 Å². The molecule has 140 valence electrons. The third-order valence-electron chi connectivity index (χ3n) is 5.43. The van der Waals surface area contributed by atoms with Crippen LogP contribution in [0.5, 0.6) is 5.75 Å². The molecule has 2 aromatic rings. The number of allylic oxidation sites excluding steroid dienone is 4. The highest BCUT2D eigenvalue weighted by Gasteiger charge is 2.36. The quantitative estimate of drug-likeness (QED) is 0.872. The molecule has 4 rings (SSSR count). The van der Waals surface area contributed by atoms with Gasteiger partial charge in [0.05, 0.1) is 23.9 Å². The van der Waals surface area contributed by atoms with E-state index in [1.165, 1.54) is 12.8 Å². The summed E-state index contributed by atoms with van der Waals surface area (Å²) in [5, 5.41) is 5.22. The number of hydrogen-bond acceptors (Lipinski definition) is 4. The SMILES string of the molecule is COc1ccc(C2=CC3(C=C2c2ccc(S(N)(=O)=O)cc2)CCCC3)nc1. The second-order valence-electron chi connectivity index (χ2n) is 7.21. The third kappa shape index (κ3) is 3.42. The predicted octanol–water partition coefficient (Wildman–Crippen LogP) is 3.78. The molecule has 0 radical (unpaired) electrons. The Kier molecular flexibility index (Phi) is 4.40. The Morgan fingerprint density at radius 1 is 1.00 bits per heavy atom. The summed E-state index contributed by atoms with van der Waals surface area (Å²) in [5.74, 6) is 0.718. The van der Waals surface area contributed by atoms with Crippen LogP contribution in [0.2, 0.25) is 0 Å². The van der Waals surface area contributed by atoms with Crippen LogP contribution in [0.4, 0.5) is 0 Å². The number of primary sulfonamides is 1. The first kappa shape index (κ1) is 17.9. The number of aromatic nitrogens is 1. The molecular weight excluding hydrogens is 360 g/mol. The van der Waals surface area contributed by atoms with Crippen molar-refractivity contribution in [2.24, 2.45) is 10.6 Å². The molecule has 0 bridgehead atoms. The fourth-order valence-electron chi connectivity index (χ4n) is 4.03. The zero-order chi connectivity index (χ0) is 19.1. The minimum Gasteiger partial charge on any atom is -0.495 e. The molecule has 6 heteroatoms. The lowest BCUT2D eigenvalue weighted by molar-refractivity contribution is 0.413. The molecule has 1 heterocycles. The highest BCUT2D eigenvalue weighted by atomic mass is 32.2. The maximum atomic E-state index is 11.5. The normalized spacial score (nSPS) is 18.4. The molecule has 1 aromatic carbocycles. The molecule has 0 amide bonds. The van der Waals surface area contributed by atoms with Crippen LogP contribution >= 0.6 is 0 Å². The van der Waals surface area contributed by atoms with Crippen molar-refractivity contribution in [2.45, 2.75) is 30.6 Å². The summed E-state index contributed by atoms with van der Waals surface area (Å²) >= 11 is 0. The zero-order valence-electron chi connectivity index (χ0n) is 15.2. The van der Waals surface area contributed by atoms with E-state index in [-0.39, 0.29) is 10.3 Å². The average Bonchev–Trinajstić information content (AvgIpc) is 3.28. The van der Waals surface area contributed by atoms with Crippen molar-refractivity contribution >= 4 is 21.2 Å². The molecule has 2 aliphatic rings. The van der Waals surface area contributed by atoms with Crippen molar-refractivity contribution in [1.82, 2.24) is 4.98 Å². The van der Waals surface area contributed by atoms with E-state index in [0.29, 0.717) is 0 Å². The van der Waals surface area contributed by atoms with E-state index in [1.807, 2.05) is 24.3 Å². The molecule has 1 fully saturated rings. The van der Waals surface area contributed by atoms with Crippen molar-refractivity contribution in [3.05, 3.63) is 66.0 Å². The summed E-state index contributed by atoms with van der Waals surface area (Å²) in [6, 6.07) is 10.6. The number of nitrogens with zero attached hydrogens (tertiary/aromatic N) is 1. The van der Waals surface area contributed by atoms with E-state index >= 15 is 0 Å². The second-order valence-corrected chi connectivity index (χ2v) is 8.77. The molecule has 1 spiro atoms. The predicted molar refractivity (Wildman–Crippen MR) is 105 cm³/mol. The zero-order valence-corrected chi connectivity index (χ0v) is 16.0. The number of methoxy groups -OCH3 is 1. The number of sulfonamides is 1. The summed E-state index contributed by atoms with van der Waals surface area (Å²) in [7, 11) is -2.08. The Bertz CT molecular complexity index is 1010. The number of pyridine rings is 1. The van der Waals surface area contributed by atoms with Crippen LogP contribution in [0.3, 0.4) is 0 Å². The topological polar surface area (TPSA) is 82.3 Å². The Morgan fingerprint density at radius 2 is 1.67 bits per heavy atom. The number of hydrogen-bond donors (Lipinski definition) is 1. The molecule has 0 atom stereocenters. The van der Waals surface area contributed by atoms with Crippen LogP contribution in [-0.4, -0.2) is 20.5 Å². The van der Waals surface area contributed by atoms with Gasteiger partial charge in [-0.3, -0.25) is 4.98 Å². The number of rotatable bonds is 4. The summed E-state index contributed by atoms with van der Waals surface area (Å²) < 4.78 is 28.3. The minimum absolute atomic E-state index is 0.0743. The van der Waals surface area contributed by atoms with Crippen molar-refractivity contribution in [1.29, 1.82) is 0 Å². The molecule has 5 nitrogen and oxygen atoms in total. The lowest BCUT2D eigenvalue weighted by Gasteiger charge is -2.16. The first-order valence-electron chi connectivity index (χ1n) is 9.00. The van der Waals surface area contributed by atoms with Crippen molar-refractivity contribution < 1.29 is 13.2 Å². The van der Waals surface area contributed by atoms with E-state index < -0.39 is 10.0 Å². The first-order valence-corrected chi connectivity index (χ1v) is 10.5. The van der Waals surface area contributed by atoms with Crippen LogP contribution in [0, 0.1) is 5.41 Å². The van der Waals surface area contributed by atoms with Gasteiger partial charge in [-0.05, 0) is 48.2 Å². The fraction of sp³-hybridized carbons (Fsp3) is 0.286. The Balaban J connectivity index is 1.77. The van der Waals surface area contributed by atoms with Gasteiger partial charge in [-0.1, -0.05) is 37.1 Å². The lowest BCUT2D eigenvalue weighted by Crippen LogP contribution is -2.11. The third-order valence-corrected chi connectivity index (χ3v) is 6.36. The van der Waals surface area contributed by atoms with E-state index in [4.69, 9.17) is 9.88 Å². The molecular formula is C21H22N2O3S. The molecule has 27 heavy (non-hydrogen) atoms. The largest absolute Gasteiger partial charge is 0.495 e. The van der Waals surface area contributed by atoms with E-state index in [1.54, 1.807) is 25.4 Å². The van der Waals surface area contributed by atoms with Gasteiger partial charge >= 0.3 is 0 Å². The molecule has 2 N–H and O–H groups in total. The second kappa shape index (κ2) is 6.62. The highest BCUT2D eigenvalue weighted by Crippen LogP contribution is 2.51. The van der Waals surface area contributed by atoms with E-state index in [2.05, 4.69) is 17.1 Å². The molecule has 0 aliphatic heterocycles. The van der Waals surface area contributed by atoms with Crippen LogP contribution in [0.15, 0.2) is 59.6 Å². The average molecular weight is 382 g/mol. The summed E-state index contributed by atoms with van der Waals surface area (Å²) in [5.41, 5.74) is 4.11. The van der Waals surface area contributed by atoms with Gasteiger partial charge in [0.25, 0.3) is 0 Å². The van der Waals surface area contributed by atoms with Crippen LogP contribution in [-0.2, 0) is 10.0 Å². The van der Waals surface area contributed by atoms with Gasteiger partial charge < -0.3 is 4.74 Å². The fourth-order valence-corrected chi connectivity index (χ4v) is 4.54. The van der Waals surface area contributed by atoms with Gasteiger partial charge in [0.1, 0.15) is 5.75 Å². The Morgan fingerprint density at radius 3 is 2.22 bits per heavy atom. The van der Waals surface area contributed by atoms with Gasteiger partial charge in [0, 0.05) is 11.0 Å². The van der Waals surface area contributed by atoms with Crippen molar-refractivity contribution in [2.75, 3.05) is 7.11 Å². The van der Waals surface area contributed by atoms with Gasteiger partial charge in [0.2, 0.25) is 10.0 Å². The number of ether oxygens (including phenoxy) is 1. The maximum Gasteiger partial charge on any atom is 0.238 e. The van der Waals surface area contributed by atoms with Gasteiger partial charge in [-0.25, -0.2) is 13.6 Å². The number of benzene rings is 1. The van der Waals surface area contributed by atoms with Crippen LogP contribution in [0.25, 0.3) is 11.1 Å². The summed E-state index contributed by atoms with van der Waals surface area (Å²) in [4.78, 5) is 4.69. The van der Waals surface area contributed by atoms with E-state index in [0.717, 1.165) is 41.0 Å². The smallest absolute Gasteiger partial charge is 0.238 e. The Labute approximate surface area is 159 Å². The molecule has 2 aliphatic carbocycles.